The Kier molecular flexibility index (Phi) is 4.02. The number of aliphatic hydroxyl groups is 1. The van der Waals surface area contributed by atoms with Crippen LogP contribution in [0.5, 0.6) is 5.75 Å². The van der Waals surface area contributed by atoms with E-state index >= 15 is 0 Å². The van der Waals surface area contributed by atoms with Crippen molar-refractivity contribution in [3.8, 4) is 5.75 Å². The highest BCUT2D eigenvalue weighted by atomic mass is 16.5. The molecule has 0 amide bonds. The molecule has 0 saturated heterocycles. The predicted molar refractivity (Wildman–Crippen MR) is 68.1 cm³/mol. The summed E-state index contributed by atoms with van der Waals surface area (Å²) in [6.45, 7) is 2.89. The Bertz CT molecular complexity index is 344. The van der Waals surface area contributed by atoms with Gasteiger partial charge in [-0.15, -0.1) is 0 Å². The van der Waals surface area contributed by atoms with Gasteiger partial charge >= 0.3 is 0 Å². The van der Waals surface area contributed by atoms with Crippen LogP contribution in [0.25, 0.3) is 0 Å². The van der Waals surface area contributed by atoms with E-state index in [0.717, 1.165) is 17.2 Å². The van der Waals surface area contributed by atoms with Crippen molar-refractivity contribution in [3.63, 3.8) is 0 Å². The van der Waals surface area contributed by atoms with Crippen LogP contribution in [0.4, 0.5) is 0 Å². The smallest absolute Gasteiger partial charge is 0.118 e. The van der Waals surface area contributed by atoms with E-state index in [4.69, 9.17) is 4.74 Å². The van der Waals surface area contributed by atoms with E-state index in [9.17, 15) is 5.11 Å². The van der Waals surface area contributed by atoms with E-state index in [1.807, 2.05) is 24.3 Å². The molecule has 0 spiro atoms. The van der Waals surface area contributed by atoms with E-state index in [1.165, 1.54) is 12.8 Å². The molecule has 1 aliphatic rings. The first-order chi connectivity index (χ1) is 8.19. The summed E-state index contributed by atoms with van der Waals surface area (Å²) in [5.41, 5.74) is 0.936. The number of ether oxygens (including phenoxy) is 1. The average Bonchev–Trinajstić information content (AvgIpc) is 2.33. The first-order valence-corrected chi connectivity index (χ1v) is 6.24. The van der Waals surface area contributed by atoms with Crippen LogP contribution in [0.2, 0.25) is 0 Å². The van der Waals surface area contributed by atoms with Crippen LogP contribution in [0.1, 0.15) is 31.4 Å². The molecule has 1 saturated carbocycles. The Labute approximate surface area is 103 Å². The fourth-order valence-electron chi connectivity index (χ4n) is 2.29. The summed E-state index contributed by atoms with van der Waals surface area (Å²) >= 11 is 0. The van der Waals surface area contributed by atoms with Crippen molar-refractivity contribution >= 4 is 0 Å². The zero-order valence-corrected chi connectivity index (χ0v) is 10.5. The Morgan fingerprint density at radius 2 is 2.00 bits per heavy atom. The lowest BCUT2D eigenvalue weighted by Crippen LogP contribution is -2.41. The van der Waals surface area contributed by atoms with Crippen molar-refractivity contribution in [1.29, 1.82) is 0 Å². The Morgan fingerprint density at radius 1 is 1.35 bits per heavy atom. The number of benzene rings is 1. The van der Waals surface area contributed by atoms with Gasteiger partial charge in [0.1, 0.15) is 5.75 Å². The average molecular weight is 235 g/mol. The third kappa shape index (κ3) is 3.20. The molecule has 1 aromatic carbocycles. The molecule has 2 N–H and O–H groups in total. The molecule has 0 heterocycles. The minimum atomic E-state index is -0.434. The van der Waals surface area contributed by atoms with E-state index < -0.39 is 6.10 Å². The van der Waals surface area contributed by atoms with Gasteiger partial charge in [0, 0.05) is 12.6 Å². The van der Waals surface area contributed by atoms with Gasteiger partial charge in [-0.1, -0.05) is 19.1 Å². The highest BCUT2D eigenvalue weighted by Gasteiger charge is 2.25. The standard InChI is InChI=1S/C14H21NO2/c1-10-7-12(8-10)15-9-14(16)11-3-5-13(17-2)6-4-11/h3-6,10,12,14-16H,7-9H2,1-2H3. The third-order valence-electron chi connectivity index (χ3n) is 3.47. The molecule has 1 aromatic rings. The molecule has 1 unspecified atom stereocenters. The summed E-state index contributed by atoms with van der Waals surface area (Å²) in [6.07, 6.45) is 2.03. The second-order valence-electron chi connectivity index (χ2n) is 4.97. The van der Waals surface area contributed by atoms with Crippen LogP contribution in [0.3, 0.4) is 0 Å². The number of methoxy groups -OCH3 is 1. The number of nitrogens with one attached hydrogen (secondary N) is 1. The molecule has 3 heteroatoms. The van der Waals surface area contributed by atoms with E-state index in [0.29, 0.717) is 12.6 Å². The molecule has 3 nitrogen and oxygen atoms in total. The number of hydrogen-bond donors (Lipinski definition) is 2. The highest BCUT2D eigenvalue weighted by molar-refractivity contribution is 5.28. The van der Waals surface area contributed by atoms with Crippen molar-refractivity contribution in [2.75, 3.05) is 13.7 Å². The van der Waals surface area contributed by atoms with Crippen LogP contribution < -0.4 is 10.1 Å². The molecule has 1 fully saturated rings. The van der Waals surface area contributed by atoms with Crippen LogP contribution >= 0.6 is 0 Å². The lowest BCUT2D eigenvalue weighted by molar-refractivity contribution is 0.149. The molecule has 0 aromatic heterocycles. The number of aliphatic hydroxyl groups excluding tert-OH is 1. The van der Waals surface area contributed by atoms with Gasteiger partial charge in [-0.3, -0.25) is 0 Å². The lowest BCUT2D eigenvalue weighted by atomic mass is 9.82. The summed E-state index contributed by atoms with van der Waals surface area (Å²) in [5, 5.41) is 13.4. The topological polar surface area (TPSA) is 41.5 Å². The predicted octanol–water partition coefficient (Wildman–Crippen LogP) is 2.12. The molecule has 0 radical (unpaired) electrons. The largest absolute Gasteiger partial charge is 0.497 e. The van der Waals surface area contributed by atoms with Crippen molar-refractivity contribution < 1.29 is 9.84 Å². The van der Waals surface area contributed by atoms with E-state index in [2.05, 4.69) is 12.2 Å². The highest BCUT2D eigenvalue weighted by Crippen LogP contribution is 2.26. The molecular formula is C14H21NO2. The maximum absolute atomic E-state index is 10.0. The fraction of sp³-hybridized carbons (Fsp3) is 0.571. The molecule has 0 aliphatic heterocycles. The fourth-order valence-corrected chi connectivity index (χ4v) is 2.29. The molecule has 0 bridgehead atoms. The molecule has 1 aliphatic carbocycles. The SMILES string of the molecule is COc1ccc(C(O)CNC2CC(C)C2)cc1. The number of rotatable bonds is 5. The molecule has 2 rings (SSSR count). The maximum atomic E-state index is 10.0. The quantitative estimate of drug-likeness (QED) is 0.821. The van der Waals surface area contributed by atoms with Gasteiger partial charge in [0.05, 0.1) is 13.2 Å². The van der Waals surface area contributed by atoms with Crippen LogP contribution in [-0.2, 0) is 0 Å². The Morgan fingerprint density at radius 3 is 2.53 bits per heavy atom. The van der Waals surface area contributed by atoms with Crippen LogP contribution in [0, 0.1) is 5.92 Å². The summed E-state index contributed by atoms with van der Waals surface area (Å²) < 4.78 is 5.09. The minimum Gasteiger partial charge on any atom is -0.497 e. The van der Waals surface area contributed by atoms with E-state index in [1.54, 1.807) is 7.11 Å². The third-order valence-corrected chi connectivity index (χ3v) is 3.47. The Hall–Kier alpha value is -1.06. The zero-order valence-electron chi connectivity index (χ0n) is 10.5. The van der Waals surface area contributed by atoms with Crippen LogP contribution in [0.15, 0.2) is 24.3 Å². The molecule has 94 valence electrons. The van der Waals surface area contributed by atoms with Gasteiger partial charge in [0.2, 0.25) is 0 Å². The second kappa shape index (κ2) is 5.52. The molecule has 17 heavy (non-hydrogen) atoms. The lowest BCUT2D eigenvalue weighted by Gasteiger charge is -2.34. The minimum absolute atomic E-state index is 0.434. The summed E-state index contributed by atoms with van der Waals surface area (Å²) in [7, 11) is 1.64. The first-order valence-electron chi connectivity index (χ1n) is 6.24. The van der Waals surface area contributed by atoms with Crippen molar-refractivity contribution in [1.82, 2.24) is 5.32 Å². The van der Waals surface area contributed by atoms with E-state index in [-0.39, 0.29) is 0 Å². The Balaban J connectivity index is 1.80. The van der Waals surface area contributed by atoms with Crippen molar-refractivity contribution in [2.45, 2.75) is 31.9 Å². The summed E-state index contributed by atoms with van der Waals surface area (Å²) in [4.78, 5) is 0. The van der Waals surface area contributed by atoms with Gasteiger partial charge in [-0.2, -0.15) is 0 Å². The summed E-state index contributed by atoms with van der Waals surface area (Å²) in [6, 6.07) is 8.18. The van der Waals surface area contributed by atoms with Crippen molar-refractivity contribution in [3.05, 3.63) is 29.8 Å². The molecule has 1 atom stereocenters. The van der Waals surface area contributed by atoms with Crippen LogP contribution in [-0.4, -0.2) is 24.8 Å². The van der Waals surface area contributed by atoms with Gasteiger partial charge in [0.15, 0.2) is 0 Å². The molecular weight excluding hydrogens is 214 g/mol. The van der Waals surface area contributed by atoms with Crippen molar-refractivity contribution in [2.24, 2.45) is 5.92 Å². The monoisotopic (exact) mass is 235 g/mol. The van der Waals surface area contributed by atoms with Gasteiger partial charge in [0.25, 0.3) is 0 Å². The zero-order chi connectivity index (χ0) is 12.3. The number of hydrogen-bond acceptors (Lipinski definition) is 3. The normalized spacial score (nSPS) is 25.1. The van der Waals surface area contributed by atoms with Gasteiger partial charge < -0.3 is 15.2 Å². The second-order valence-corrected chi connectivity index (χ2v) is 4.97. The maximum Gasteiger partial charge on any atom is 0.118 e. The van der Waals surface area contributed by atoms with Gasteiger partial charge in [-0.25, -0.2) is 0 Å². The van der Waals surface area contributed by atoms with Gasteiger partial charge in [-0.05, 0) is 36.5 Å². The first kappa shape index (κ1) is 12.4. The summed E-state index contributed by atoms with van der Waals surface area (Å²) in [5.74, 6) is 1.66.